The van der Waals surface area contributed by atoms with Gasteiger partial charge in [-0.3, -0.25) is 0 Å². The first-order valence-electron chi connectivity index (χ1n) is 7.68. The fraction of sp³-hybridized carbons (Fsp3) is 0.588. The zero-order valence-electron chi connectivity index (χ0n) is 13.4. The van der Waals surface area contributed by atoms with Gasteiger partial charge in [-0.25, -0.2) is 4.79 Å². The number of rotatable bonds is 10. The van der Waals surface area contributed by atoms with Gasteiger partial charge in [-0.1, -0.05) is 70.1 Å². The molecule has 0 saturated heterocycles. The average molecular weight is 300 g/mol. The van der Waals surface area contributed by atoms with Crippen molar-refractivity contribution in [1.82, 2.24) is 0 Å². The van der Waals surface area contributed by atoms with Crippen molar-refractivity contribution < 1.29 is 44.6 Å². The minimum absolute atomic E-state index is 0. The molecular formula is C17H25NaO3. The van der Waals surface area contributed by atoms with Crippen LogP contribution < -0.4 is 34.7 Å². The van der Waals surface area contributed by atoms with Crippen LogP contribution in [0.15, 0.2) is 18.2 Å². The van der Waals surface area contributed by atoms with Gasteiger partial charge in [0.05, 0.1) is 5.56 Å². The van der Waals surface area contributed by atoms with Crippen LogP contribution in [-0.4, -0.2) is 11.1 Å². The van der Waals surface area contributed by atoms with Crippen molar-refractivity contribution in [3.8, 4) is 5.75 Å². The van der Waals surface area contributed by atoms with E-state index in [0.717, 1.165) is 24.8 Å². The van der Waals surface area contributed by atoms with Crippen molar-refractivity contribution in [1.29, 1.82) is 0 Å². The molecule has 21 heavy (non-hydrogen) atoms. The predicted octanol–water partition coefficient (Wildman–Crippen LogP) is 1.15. The fourth-order valence-corrected chi connectivity index (χ4v) is 2.42. The summed E-state index contributed by atoms with van der Waals surface area (Å²) >= 11 is 0. The minimum atomic E-state index is -1.00. The van der Waals surface area contributed by atoms with Crippen molar-refractivity contribution in [2.45, 2.75) is 64.7 Å². The van der Waals surface area contributed by atoms with Crippen LogP contribution in [0.25, 0.3) is 0 Å². The number of carbonyl (C=O) groups is 1. The number of benzene rings is 1. The molecule has 0 fully saturated rings. The summed E-state index contributed by atoms with van der Waals surface area (Å²) in [6, 6.07) is 4.34. The molecule has 0 aliphatic carbocycles. The second-order valence-corrected chi connectivity index (χ2v) is 5.35. The Bertz CT molecular complexity index is 418. The standard InChI is InChI=1S/C17H26O3.Na/c1-2-3-4-5-6-7-8-9-10-14-11-12-15(18)13-16(14)17(19)20;/h11-13,18H,2-10H2,1H3,(H,19,20);/q;+1/p-1. The Morgan fingerprint density at radius 3 is 2.19 bits per heavy atom. The van der Waals surface area contributed by atoms with Gasteiger partial charge < -0.3 is 10.2 Å². The molecule has 0 saturated carbocycles. The third kappa shape index (κ3) is 8.50. The first-order chi connectivity index (χ1) is 9.65. The van der Waals surface area contributed by atoms with Gasteiger partial charge in [0, 0.05) is 0 Å². The van der Waals surface area contributed by atoms with Crippen molar-refractivity contribution in [2.75, 3.05) is 0 Å². The predicted molar refractivity (Wildman–Crippen MR) is 79.2 cm³/mol. The van der Waals surface area contributed by atoms with Gasteiger partial charge in [-0.15, -0.1) is 5.75 Å². The van der Waals surface area contributed by atoms with E-state index >= 15 is 0 Å². The summed E-state index contributed by atoms with van der Waals surface area (Å²) in [4.78, 5) is 11.1. The molecule has 0 aromatic heterocycles. The van der Waals surface area contributed by atoms with Crippen LogP contribution in [0.3, 0.4) is 0 Å². The van der Waals surface area contributed by atoms with Crippen LogP contribution in [0.5, 0.6) is 5.75 Å². The maximum atomic E-state index is 11.2. The quantitative estimate of drug-likeness (QED) is 0.521. The molecule has 0 radical (unpaired) electrons. The van der Waals surface area contributed by atoms with Gasteiger partial charge >= 0.3 is 35.5 Å². The SMILES string of the molecule is CCCCCCCCCCc1ccc([O-])cc1C(=O)O.[Na+]. The van der Waals surface area contributed by atoms with E-state index in [0.29, 0.717) is 0 Å². The summed E-state index contributed by atoms with van der Waals surface area (Å²) in [5.74, 6) is -1.24. The number of carboxylic acid groups (broad SMARTS) is 1. The molecule has 0 aliphatic heterocycles. The first-order valence-corrected chi connectivity index (χ1v) is 7.68. The number of hydrogen-bond acceptors (Lipinski definition) is 2. The number of unbranched alkanes of at least 4 members (excludes halogenated alkanes) is 7. The largest absolute Gasteiger partial charge is 1.00 e. The molecule has 0 spiro atoms. The van der Waals surface area contributed by atoms with Crippen LogP contribution in [0.2, 0.25) is 0 Å². The van der Waals surface area contributed by atoms with E-state index in [9.17, 15) is 9.90 Å². The van der Waals surface area contributed by atoms with Gasteiger partial charge in [0.1, 0.15) is 0 Å². The van der Waals surface area contributed by atoms with Crippen molar-refractivity contribution in [3.63, 3.8) is 0 Å². The fourth-order valence-electron chi connectivity index (χ4n) is 2.42. The maximum Gasteiger partial charge on any atom is 1.00 e. The van der Waals surface area contributed by atoms with Crippen LogP contribution in [0.1, 0.15) is 74.2 Å². The third-order valence-electron chi connectivity index (χ3n) is 3.61. The molecule has 0 unspecified atom stereocenters. The molecule has 4 heteroatoms. The molecule has 3 nitrogen and oxygen atoms in total. The van der Waals surface area contributed by atoms with Crippen molar-refractivity contribution in [3.05, 3.63) is 29.3 Å². The minimum Gasteiger partial charge on any atom is -0.872 e. The molecular weight excluding hydrogens is 275 g/mol. The van der Waals surface area contributed by atoms with Crippen LogP contribution in [-0.2, 0) is 6.42 Å². The topological polar surface area (TPSA) is 60.4 Å². The monoisotopic (exact) mass is 300 g/mol. The van der Waals surface area contributed by atoms with E-state index in [1.54, 1.807) is 6.07 Å². The molecule has 1 aromatic rings. The summed E-state index contributed by atoms with van der Waals surface area (Å²) < 4.78 is 0. The normalized spacial score (nSPS) is 10.1. The summed E-state index contributed by atoms with van der Waals surface area (Å²) in [7, 11) is 0. The van der Waals surface area contributed by atoms with E-state index < -0.39 is 5.97 Å². The summed E-state index contributed by atoms with van der Waals surface area (Å²) in [6.45, 7) is 2.22. The summed E-state index contributed by atoms with van der Waals surface area (Å²) in [5.41, 5.74) is 0.948. The van der Waals surface area contributed by atoms with Crippen LogP contribution >= 0.6 is 0 Å². The molecule has 112 valence electrons. The second-order valence-electron chi connectivity index (χ2n) is 5.35. The molecule has 0 bridgehead atoms. The Labute approximate surface area is 150 Å². The number of aryl methyl sites for hydroxylation is 1. The summed E-state index contributed by atoms with van der Waals surface area (Å²) in [5, 5.41) is 20.3. The van der Waals surface area contributed by atoms with E-state index in [1.807, 2.05) is 0 Å². The van der Waals surface area contributed by atoms with Crippen LogP contribution in [0, 0.1) is 0 Å². The second kappa shape index (κ2) is 12.1. The molecule has 1 aromatic carbocycles. The Hall–Kier alpha value is -0.510. The zero-order chi connectivity index (χ0) is 14.8. The number of carboxylic acids is 1. The smallest absolute Gasteiger partial charge is 0.872 e. The Morgan fingerprint density at radius 1 is 1.05 bits per heavy atom. The molecule has 1 N–H and O–H groups in total. The molecule has 1 rings (SSSR count). The van der Waals surface area contributed by atoms with E-state index in [-0.39, 0.29) is 40.9 Å². The Balaban J connectivity index is 0.00000400. The molecule has 0 atom stereocenters. The van der Waals surface area contributed by atoms with Crippen molar-refractivity contribution in [2.24, 2.45) is 0 Å². The van der Waals surface area contributed by atoms with E-state index in [4.69, 9.17) is 5.11 Å². The molecule has 0 amide bonds. The number of hydrogen-bond donors (Lipinski definition) is 1. The van der Waals surface area contributed by atoms with Gasteiger partial charge in [-0.2, -0.15) is 0 Å². The van der Waals surface area contributed by atoms with E-state index in [1.165, 1.54) is 50.7 Å². The average Bonchev–Trinajstić information content (AvgIpc) is 2.43. The van der Waals surface area contributed by atoms with Gasteiger partial charge in [-0.05, 0) is 18.4 Å². The third-order valence-corrected chi connectivity index (χ3v) is 3.61. The van der Waals surface area contributed by atoms with Gasteiger partial charge in [0.15, 0.2) is 0 Å². The van der Waals surface area contributed by atoms with Crippen LogP contribution in [0.4, 0.5) is 0 Å². The van der Waals surface area contributed by atoms with E-state index in [2.05, 4.69) is 6.92 Å². The van der Waals surface area contributed by atoms with Gasteiger partial charge in [0.2, 0.25) is 0 Å². The molecule has 0 aliphatic rings. The Kier molecular flexibility index (Phi) is 11.8. The maximum absolute atomic E-state index is 11.2. The number of aromatic carboxylic acids is 1. The first kappa shape index (κ1) is 20.5. The van der Waals surface area contributed by atoms with Gasteiger partial charge in [0.25, 0.3) is 0 Å². The molecule has 0 heterocycles. The van der Waals surface area contributed by atoms with Crippen molar-refractivity contribution >= 4 is 5.97 Å². The summed E-state index contributed by atoms with van der Waals surface area (Å²) in [6.07, 6.45) is 10.6. The zero-order valence-corrected chi connectivity index (χ0v) is 15.4. The Morgan fingerprint density at radius 2 is 1.62 bits per heavy atom.